The van der Waals surface area contributed by atoms with Crippen molar-refractivity contribution in [1.29, 1.82) is 0 Å². The van der Waals surface area contributed by atoms with Crippen LogP contribution in [0, 0.1) is 0 Å². The van der Waals surface area contributed by atoms with Gasteiger partial charge >= 0.3 is 11.9 Å². The maximum Gasteiger partial charge on any atom is 0.342 e. The van der Waals surface area contributed by atoms with Crippen LogP contribution in [0.25, 0.3) is 6.08 Å². The van der Waals surface area contributed by atoms with Crippen LogP contribution in [-0.2, 0) is 14.3 Å². The number of cyclic esters (lactones) is 2. The van der Waals surface area contributed by atoms with E-state index in [1.165, 1.54) is 0 Å². The highest BCUT2D eigenvalue weighted by molar-refractivity contribution is 6.30. The lowest BCUT2D eigenvalue weighted by Gasteiger charge is -1.94. The van der Waals surface area contributed by atoms with E-state index in [1.54, 1.807) is 30.3 Å². The molecule has 1 aromatic rings. The largest absolute Gasteiger partial charge is 0.389 e. The Balaban J connectivity index is 2.27. The summed E-state index contributed by atoms with van der Waals surface area (Å²) in [6.45, 7) is 0. The zero-order valence-electron chi connectivity index (χ0n) is 7.70. The number of hydrogen-bond acceptors (Lipinski definition) is 3. The third-order valence-corrected chi connectivity index (χ3v) is 2.27. The minimum absolute atomic E-state index is 0.0431. The molecule has 0 bridgehead atoms. The molecule has 0 aromatic heterocycles. The van der Waals surface area contributed by atoms with Gasteiger partial charge in [0.15, 0.2) is 0 Å². The fourth-order valence-electron chi connectivity index (χ4n) is 1.30. The second-order valence-electron chi connectivity index (χ2n) is 3.16. The first-order valence-electron chi connectivity index (χ1n) is 4.36. The van der Waals surface area contributed by atoms with E-state index < -0.39 is 11.9 Å². The Morgan fingerprint density at radius 1 is 1.20 bits per heavy atom. The van der Waals surface area contributed by atoms with Crippen molar-refractivity contribution in [3.05, 3.63) is 40.4 Å². The van der Waals surface area contributed by atoms with Crippen LogP contribution < -0.4 is 0 Å². The normalized spacial score (nSPS) is 18.3. The van der Waals surface area contributed by atoms with Crippen molar-refractivity contribution in [2.24, 2.45) is 0 Å². The van der Waals surface area contributed by atoms with Crippen LogP contribution in [0.3, 0.4) is 0 Å². The smallest absolute Gasteiger partial charge is 0.342 e. The van der Waals surface area contributed by atoms with Crippen LogP contribution in [0.2, 0.25) is 5.02 Å². The molecule has 0 N–H and O–H groups in total. The van der Waals surface area contributed by atoms with E-state index in [4.69, 9.17) is 11.6 Å². The third-order valence-electron chi connectivity index (χ3n) is 2.01. The van der Waals surface area contributed by atoms with Gasteiger partial charge in [0.2, 0.25) is 0 Å². The highest BCUT2D eigenvalue weighted by Crippen LogP contribution is 2.19. The van der Waals surface area contributed by atoms with Crippen molar-refractivity contribution in [3.8, 4) is 0 Å². The Morgan fingerprint density at radius 2 is 1.87 bits per heavy atom. The number of benzene rings is 1. The van der Waals surface area contributed by atoms with Crippen LogP contribution in [0.1, 0.15) is 12.0 Å². The van der Waals surface area contributed by atoms with E-state index in [0.717, 1.165) is 5.56 Å². The second-order valence-corrected chi connectivity index (χ2v) is 3.60. The minimum Gasteiger partial charge on any atom is -0.389 e. The summed E-state index contributed by atoms with van der Waals surface area (Å²) in [5, 5.41) is 0.627. The molecule has 1 heterocycles. The number of rotatable bonds is 1. The SMILES string of the molecule is O=C1CC(=Cc2ccc(Cl)cc2)C(=O)O1. The number of ether oxygens (including phenoxy) is 1. The quantitative estimate of drug-likeness (QED) is 0.416. The van der Waals surface area contributed by atoms with Gasteiger partial charge in [-0.3, -0.25) is 4.79 Å². The molecule has 0 unspecified atom stereocenters. The average Bonchev–Trinajstić information content (AvgIpc) is 2.49. The van der Waals surface area contributed by atoms with Gasteiger partial charge in [0.05, 0.1) is 6.42 Å². The molecule has 1 fully saturated rings. The number of carbonyl (C=O) groups is 2. The van der Waals surface area contributed by atoms with Gasteiger partial charge in [-0.1, -0.05) is 23.7 Å². The van der Waals surface area contributed by atoms with Crippen LogP contribution in [0.15, 0.2) is 29.8 Å². The van der Waals surface area contributed by atoms with Crippen molar-refractivity contribution in [2.45, 2.75) is 6.42 Å². The summed E-state index contributed by atoms with van der Waals surface area (Å²) in [6.07, 6.45) is 1.67. The summed E-state index contributed by atoms with van der Waals surface area (Å²) in [4.78, 5) is 21.9. The third kappa shape index (κ3) is 2.25. The summed E-state index contributed by atoms with van der Waals surface area (Å²) in [5.41, 5.74) is 1.20. The summed E-state index contributed by atoms with van der Waals surface area (Å²) in [5.74, 6) is -1.06. The Labute approximate surface area is 91.3 Å². The highest BCUT2D eigenvalue weighted by Gasteiger charge is 2.26. The molecule has 1 aliphatic heterocycles. The number of hydrogen-bond donors (Lipinski definition) is 0. The van der Waals surface area contributed by atoms with E-state index in [9.17, 15) is 9.59 Å². The fourth-order valence-corrected chi connectivity index (χ4v) is 1.43. The average molecular weight is 223 g/mol. The first-order chi connectivity index (χ1) is 7.15. The van der Waals surface area contributed by atoms with Crippen LogP contribution in [0.5, 0.6) is 0 Å². The molecule has 1 aliphatic rings. The Morgan fingerprint density at radius 3 is 2.40 bits per heavy atom. The molecule has 4 heteroatoms. The topological polar surface area (TPSA) is 43.4 Å². The molecule has 0 amide bonds. The molecule has 0 saturated carbocycles. The molecule has 3 nitrogen and oxygen atoms in total. The zero-order valence-corrected chi connectivity index (χ0v) is 8.45. The van der Waals surface area contributed by atoms with Crippen molar-refractivity contribution in [3.63, 3.8) is 0 Å². The van der Waals surface area contributed by atoms with Gasteiger partial charge in [-0.15, -0.1) is 0 Å². The summed E-state index contributed by atoms with van der Waals surface area (Å²) < 4.78 is 4.40. The molecule has 0 atom stereocenters. The molecule has 0 aliphatic carbocycles. The summed E-state index contributed by atoms with van der Waals surface area (Å²) in [6, 6.07) is 6.98. The number of carbonyl (C=O) groups excluding carboxylic acids is 2. The summed E-state index contributed by atoms with van der Waals surface area (Å²) >= 11 is 5.71. The summed E-state index contributed by atoms with van der Waals surface area (Å²) in [7, 11) is 0. The van der Waals surface area contributed by atoms with E-state index in [2.05, 4.69) is 4.74 Å². The first kappa shape index (κ1) is 9.93. The molecular weight excluding hydrogens is 216 g/mol. The standard InChI is InChI=1S/C11H7ClO3/c12-9-3-1-7(2-4-9)5-8-6-10(13)15-11(8)14/h1-5H,6H2. The lowest BCUT2D eigenvalue weighted by Crippen LogP contribution is -1.96. The monoisotopic (exact) mass is 222 g/mol. The molecule has 1 aromatic carbocycles. The highest BCUT2D eigenvalue weighted by atomic mass is 35.5. The Bertz CT molecular complexity index is 445. The van der Waals surface area contributed by atoms with E-state index in [-0.39, 0.29) is 6.42 Å². The molecule has 0 spiro atoms. The Kier molecular flexibility index (Phi) is 2.56. The van der Waals surface area contributed by atoms with Gasteiger partial charge in [0.25, 0.3) is 0 Å². The molecule has 76 valence electrons. The number of esters is 2. The van der Waals surface area contributed by atoms with Gasteiger partial charge in [-0.05, 0) is 23.8 Å². The lowest BCUT2D eigenvalue weighted by atomic mass is 10.1. The van der Waals surface area contributed by atoms with Gasteiger partial charge in [0.1, 0.15) is 0 Å². The molecule has 15 heavy (non-hydrogen) atoms. The van der Waals surface area contributed by atoms with Crippen LogP contribution in [-0.4, -0.2) is 11.9 Å². The van der Waals surface area contributed by atoms with Gasteiger partial charge in [-0.25, -0.2) is 4.79 Å². The van der Waals surface area contributed by atoms with E-state index >= 15 is 0 Å². The van der Waals surface area contributed by atoms with Gasteiger partial charge in [-0.2, -0.15) is 0 Å². The molecule has 2 rings (SSSR count). The maximum absolute atomic E-state index is 11.1. The van der Waals surface area contributed by atoms with Crippen LogP contribution >= 0.6 is 11.6 Å². The molecular formula is C11H7ClO3. The molecule has 0 radical (unpaired) electrons. The Hall–Kier alpha value is -1.61. The molecule has 1 saturated heterocycles. The maximum atomic E-state index is 11.1. The van der Waals surface area contributed by atoms with Crippen molar-refractivity contribution in [2.75, 3.05) is 0 Å². The minimum atomic E-state index is -0.560. The fraction of sp³-hybridized carbons (Fsp3) is 0.0909. The predicted octanol–water partition coefficient (Wildman–Crippen LogP) is 2.20. The second kappa shape index (κ2) is 3.87. The van der Waals surface area contributed by atoms with Crippen molar-refractivity contribution in [1.82, 2.24) is 0 Å². The van der Waals surface area contributed by atoms with Crippen molar-refractivity contribution < 1.29 is 14.3 Å². The van der Waals surface area contributed by atoms with Crippen molar-refractivity contribution >= 4 is 29.6 Å². The zero-order chi connectivity index (χ0) is 10.8. The predicted molar refractivity (Wildman–Crippen MR) is 55.1 cm³/mol. The first-order valence-corrected chi connectivity index (χ1v) is 4.74. The van der Waals surface area contributed by atoms with Gasteiger partial charge < -0.3 is 4.74 Å². The van der Waals surface area contributed by atoms with Crippen LogP contribution in [0.4, 0.5) is 0 Å². The van der Waals surface area contributed by atoms with E-state index in [0.29, 0.717) is 10.6 Å². The van der Waals surface area contributed by atoms with E-state index in [1.807, 2.05) is 0 Å². The lowest BCUT2D eigenvalue weighted by molar-refractivity contribution is -0.151. The number of halogens is 1. The van der Waals surface area contributed by atoms with Gasteiger partial charge in [0, 0.05) is 10.6 Å².